The first-order valence-corrected chi connectivity index (χ1v) is 28.6. The number of amides is 1. The second-order valence-electron chi connectivity index (χ2n) is 22.3. The highest BCUT2D eigenvalue weighted by Crippen LogP contribution is 2.43. The highest BCUT2D eigenvalue weighted by Gasteiger charge is 2.39. The summed E-state index contributed by atoms with van der Waals surface area (Å²) in [6.45, 7) is 10.9. The van der Waals surface area contributed by atoms with E-state index in [9.17, 15) is 14.7 Å². The Balaban J connectivity index is 1.02. The molecule has 0 atom stereocenters. The van der Waals surface area contributed by atoms with Crippen LogP contribution in [0.3, 0.4) is 0 Å². The van der Waals surface area contributed by atoms with Gasteiger partial charge in [0.2, 0.25) is 0 Å². The van der Waals surface area contributed by atoms with E-state index in [0.717, 1.165) is 69.2 Å². The number of carboxylic acid groups (broad SMARTS) is 1. The van der Waals surface area contributed by atoms with Gasteiger partial charge in [-0.15, -0.1) is 0 Å². The average molecular weight is 1000 g/mol. The molecule has 9 rings (SSSR count). The molecule has 390 valence electrons. The zero-order valence-electron chi connectivity index (χ0n) is 45.4. The number of benzene rings is 5. The molecule has 75 heavy (non-hydrogen) atoms. The SMILES string of the molecule is CCCCCCCCc1ccc(N2CCCc3cc(C(=C/C=C/C4=CC(=C5\C(=O)N(c6ccccc6)N=C5C(=O)O)/CC(C)(C)C4)c4ccc5c(c4)CCCN5c4ccc(CCCCCCCC)cc4)ccc32)cc1. The highest BCUT2D eigenvalue weighted by molar-refractivity contribution is 6.53. The Kier molecular flexibility index (Phi) is 17.8. The van der Waals surface area contributed by atoms with Crippen molar-refractivity contribution in [3.63, 3.8) is 0 Å². The molecule has 7 heteroatoms. The van der Waals surface area contributed by atoms with Gasteiger partial charge >= 0.3 is 5.97 Å². The molecule has 4 aliphatic rings. The maximum absolute atomic E-state index is 14.1. The molecule has 5 aromatic carbocycles. The maximum Gasteiger partial charge on any atom is 0.357 e. The minimum atomic E-state index is -1.21. The summed E-state index contributed by atoms with van der Waals surface area (Å²) in [5.74, 6) is -1.62. The summed E-state index contributed by atoms with van der Waals surface area (Å²) in [6, 6.07) is 41.9. The number of hydrogen-bond acceptors (Lipinski definition) is 5. The molecule has 0 fully saturated rings. The predicted molar refractivity (Wildman–Crippen MR) is 314 cm³/mol. The number of carbonyl (C=O) groups is 2. The third-order valence-electron chi connectivity index (χ3n) is 15.8. The van der Waals surface area contributed by atoms with E-state index >= 15 is 0 Å². The summed E-state index contributed by atoms with van der Waals surface area (Å²) in [6.07, 6.45) is 32.2. The monoisotopic (exact) mass is 1000 g/mol. The molecule has 0 spiro atoms. The van der Waals surface area contributed by atoms with Crippen LogP contribution in [0.2, 0.25) is 0 Å². The summed E-state index contributed by atoms with van der Waals surface area (Å²) in [7, 11) is 0. The van der Waals surface area contributed by atoms with E-state index in [0.29, 0.717) is 17.7 Å². The van der Waals surface area contributed by atoms with Gasteiger partial charge in [-0.3, -0.25) is 4.79 Å². The van der Waals surface area contributed by atoms with Gasteiger partial charge in [-0.25, -0.2) is 4.79 Å². The minimum absolute atomic E-state index is 0.167. The van der Waals surface area contributed by atoms with Crippen LogP contribution >= 0.6 is 0 Å². The number of carboxylic acids is 1. The maximum atomic E-state index is 14.1. The molecule has 0 radical (unpaired) electrons. The smallest absolute Gasteiger partial charge is 0.357 e. The molecule has 3 heterocycles. The van der Waals surface area contributed by atoms with E-state index < -0.39 is 11.9 Å². The van der Waals surface area contributed by atoms with Crippen LogP contribution in [0.4, 0.5) is 28.4 Å². The van der Waals surface area contributed by atoms with E-state index in [1.165, 1.54) is 138 Å². The number of unbranched alkanes of at least 4 members (excludes halogenated alkanes) is 10. The highest BCUT2D eigenvalue weighted by atomic mass is 16.4. The Morgan fingerprint density at radius 2 is 1.15 bits per heavy atom. The van der Waals surface area contributed by atoms with Gasteiger partial charge in [-0.05, 0) is 180 Å². The van der Waals surface area contributed by atoms with Crippen LogP contribution in [0.5, 0.6) is 0 Å². The van der Waals surface area contributed by atoms with E-state index in [2.05, 4.69) is 146 Å². The molecule has 1 aliphatic carbocycles. The van der Waals surface area contributed by atoms with E-state index in [-0.39, 0.29) is 16.7 Å². The number of allylic oxidation sites excluding steroid dienone is 6. The Morgan fingerprint density at radius 3 is 1.67 bits per heavy atom. The third-order valence-corrected chi connectivity index (χ3v) is 15.8. The van der Waals surface area contributed by atoms with Gasteiger partial charge in [0.05, 0.1) is 11.3 Å². The van der Waals surface area contributed by atoms with Gasteiger partial charge in [0.15, 0.2) is 5.71 Å². The molecule has 5 aromatic rings. The van der Waals surface area contributed by atoms with Gasteiger partial charge in [0.1, 0.15) is 0 Å². The zero-order chi connectivity index (χ0) is 52.2. The van der Waals surface area contributed by atoms with Gasteiger partial charge in [0, 0.05) is 35.8 Å². The van der Waals surface area contributed by atoms with Crippen LogP contribution in [0, 0.1) is 5.41 Å². The number of fused-ring (bicyclic) bond motifs is 2. The number of aliphatic carboxylic acids is 1. The third kappa shape index (κ3) is 13.2. The second-order valence-corrected chi connectivity index (χ2v) is 22.3. The number of carbonyl (C=O) groups excluding carboxylic acids is 1. The Labute approximate surface area is 448 Å². The average Bonchev–Trinajstić information content (AvgIpc) is 3.78. The number of rotatable bonds is 22. The van der Waals surface area contributed by atoms with Crippen molar-refractivity contribution in [2.75, 3.05) is 27.9 Å². The first-order chi connectivity index (χ1) is 36.6. The summed E-state index contributed by atoms with van der Waals surface area (Å²) in [5.41, 5.74) is 16.2. The van der Waals surface area contributed by atoms with Gasteiger partial charge in [-0.2, -0.15) is 10.1 Å². The minimum Gasteiger partial charge on any atom is -0.476 e. The molecule has 3 aliphatic heterocycles. The van der Waals surface area contributed by atoms with Gasteiger partial charge < -0.3 is 14.9 Å². The van der Waals surface area contributed by atoms with Crippen LogP contribution in [0.25, 0.3) is 5.57 Å². The first-order valence-electron chi connectivity index (χ1n) is 28.6. The van der Waals surface area contributed by atoms with E-state index in [1.807, 2.05) is 24.3 Å². The van der Waals surface area contributed by atoms with Crippen molar-refractivity contribution >= 4 is 51.6 Å². The largest absolute Gasteiger partial charge is 0.476 e. The number of hydrogen-bond donors (Lipinski definition) is 1. The lowest BCUT2D eigenvalue weighted by Gasteiger charge is -2.33. The fourth-order valence-corrected chi connectivity index (χ4v) is 11.9. The Bertz CT molecular complexity index is 2820. The molecule has 1 N–H and O–H groups in total. The normalized spacial score (nSPS) is 17.2. The van der Waals surface area contributed by atoms with Crippen LogP contribution in [0.15, 0.2) is 161 Å². The van der Waals surface area contributed by atoms with Crippen LogP contribution < -0.4 is 14.8 Å². The van der Waals surface area contributed by atoms with E-state index in [4.69, 9.17) is 0 Å². The first kappa shape index (κ1) is 53.1. The standard InChI is InChI=1S/C68H80N4O3/c1-5-7-9-11-13-16-23-50-31-37-58(38-32-50)70-43-21-26-55-46-53(35-41-62(55)70)61(54-36-42-63-56(47-54)27-22-44-71(63)59-39-33-51(34-40-59)24-17-14-12-10-8-6-2)30-20-25-52-45-57(49-68(3,4)48-52)64-65(67(74)75)69-72(66(64)73)60-28-18-15-19-29-60/h15,18-20,25,28-42,45-47H,5-14,16-17,21-24,26-27,43-44,48-49H2,1-4H3,(H,74,75)/b25-20+,64-57+. The number of hydrazone groups is 1. The number of para-hydroxylation sites is 1. The lowest BCUT2D eigenvalue weighted by molar-refractivity contribution is -0.129. The van der Waals surface area contributed by atoms with Crippen molar-refractivity contribution in [3.8, 4) is 0 Å². The van der Waals surface area contributed by atoms with Crippen LogP contribution in [-0.2, 0) is 35.3 Å². The topological polar surface area (TPSA) is 76.5 Å². The molecule has 0 saturated carbocycles. The molecule has 0 saturated heterocycles. The fraction of sp³-hybridized carbons (Fsp3) is 0.397. The number of nitrogens with zero attached hydrogens (tertiary/aromatic N) is 4. The second kappa shape index (κ2) is 25.2. The van der Waals surface area contributed by atoms with Crippen LogP contribution in [0.1, 0.15) is 164 Å². The molecule has 0 bridgehead atoms. The van der Waals surface area contributed by atoms with Crippen molar-refractivity contribution < 1.29 is 14.7 Å². The summed E-state index contributed by atoms with van der Waals surface area (Å²) in [5, 5.41) is 15.9. The summed E-state index contributed by atoms with van der Waals surface area (Å²) >= 11 is 0. The number of aryl methyl sites for hydroxylation is 4. The summed E-state index contributed by atoms with van der Waals surface area (Å²) in [4.78, 5) is 31.7. The van der Waals surface area contributed by atoms with Crippen LogP contribution in [-0.4, -0.2) is 35.8 Å². The zero-order valence-corrected chi connectivity index (χ0v) is 45.4. The lowest BCUT2D eigenvalue weighted by atomic mass is 9.73. The molecule has 0 aromatic heterocycles. The van der Waals surface area contributed by atoms with Gasteiger partial charge in [-0.1, -0.05) is 171 Å². The predicted octanol–water partition coefficient (Wildman–Crippen LogP) is 17.2. The fourth-order valence-electron chi connectivity index (χ4n) is 11.9. The summed E-state index contributed by atoms with van der Waals surface area (Å²) < 4.78 is 0. The molecule has 0 unspecified atom stereocenters. The quantitative estimate of drug-likeness (QED) is 0.0425. The van der Waals surface area contributed by atoms with Crippen molar-refractivity contribution in [1.82, 2.24) is 0 Å². The Hall–Kier alpha value is -6.73. The molecule has 1 amide bonds. The van der Waals surface area contributed by atoms with Gasteiger partial charge in [0.25, 0.3) is 5.91 Å². The van der Waals surface area contributed by atoms with Crippen molar-refractivity contribution in [1.29, 1.82) is 0 Å². The van der Waals surface area contributed by atoms with Crippen molar-refractivity contribution in [2.45, 2.75) is 156 Å². The van der Waals surface area contributed by atoms with Crippen molar-refractivity contribution in [2.24, 2.45) is 10.5 Å². The molecular weight excluding hydrogens is 921 g/mol. The van der Waals surface area contributed by atoms with Crippen molar-refractivity contribution in [3.05, 3.63) is 190 Å². The molecule has 7 nitrogen and oxygen atoms in total. The molecular formula is C68H80N4O3. The Morgan fingerprint density at radius 1 is 0.627 bits per heavy atom. The lowest BCUT2D eigenvalue weighted by Crippen LogP contribution is -2.26. The van der Waals surface area contributed by atoms with E-state index in [1.54, 1.807) is 12.1 Å². The number of anilines is 5.